The van der Waals surface area contributed by atoms with Crippen LogP contribution in [0.3, 0.4) is 0 Å². The Hall–Kier alpha value is -2.14. The van der Waals surface area contributed by atoms with Crippen LogP contribution in [0.1, 0.15) is 34.6 Å². The molecule has 1 aliphatic rings. The Morgan fingerprint density at radius 2 is 2.27 bits per heavy atom. The predicted octanol–water partition coefficient (Wildman–Crippen LogP) is 1.83. The van der Waals surface area contributed by atoms with E-state index in [0.717, 1.165) is 24.2 Å². The summed E-state index contributed by atoms with van der Waals surface area (Å²) in [6.45, 7) is 1.88. The highest BCUT2D eigenvalue weighted by Gasteiger charge is 2.35. The van der Waals surface area contributed by atoms with Crippen LogP contribution in [0.5, 0.6) is 0 Å². The number of H-pyrrole nitrogens is 1. The minimum absolute atomic E-state index is 0.0000926. The second-order valence-electron chi connectivity index (χ2n) is 6.01. The SMILES string of the molecule is Cc1[nH]ccc1C(=O)NC(Cc1ccccn1)C1CC(O)C1. The lowest BCUT2D eigenvalue weighted by molar-refractivity contribution is 0.0237. The number of aryl methyl sites for hydroxylation is 1. The minimum Gasteiger partial charge on any atom is -0.393 e. The molecule has 116 valence electrons. The van der Waals surface area contributed by atoms with Gasteiger partial charge < -0.3 is 15.4 Å². The normalized spacial score (nSPS) is 21.9. The quantitative estimate of drug-likeness (QED) is 0.788. The summed E-state index contributed by atoms with van der Waals surface area (Å²) in [5.74, 6) is 0.237. The lowest BCUT2D eigenvalue weighted by Gasteiger charge is -2.38. The summed E-state index contributed by atoms with van der Waals surface area (Å²) >= 11 is 0. The van der Waals surface area contributed by atoms with Crippen molar-refractivity contribution in [2.24, 2.45) is 5.92 Å². The van der Waals surface area contributed by atoms with Gasteiger partial charge in [-0.25, -0.2) is 0 Å². The van der Waals surface area contributed by atoms with E-state index in [1.165, 1.54) is 0 Å². The predicted molar refractivity (Wildman–Crippen MR) is 83.5 cm³/mol. The number of aliphatic hydroxyl groups excluding tert-OH is 1. The molecular formula is C17H21N3O2. The number of aliphatic hydroxyl groups is 1. The van der Waals surface area contributed by atoms with Gasteiger partial charge in [-0.05, 0) is 43.9 Å². The number of nitrogens with one attached hydrogen (secondary N) is 2. The Kier molecular flexibility index (Phi) is 4.24. The molecule has 2 aromatic rings. The first-order valence-corrected chi connectivity index (χ1v) is 7.66. The molecule has 3 rings (SSSR count). The minimum atomic E-state index is -0.234. The van der Waals surface area contributed by atoms with Crippen molar-refractivity contribution in [3.05, 3.63) is 53.6 Å². The highest BCUT2D eigenvalue weighted by molar-refractivity contribution is 5.95. The lowest BCUT2D eigenvalue weighted by Crippen LogP contribution is -2.48. The third-order valence-corrected chi connectivity index (χ3v) is 4.39. The van der Waals surface area contributed by atoms with Crippen LogP contribution in [0.4, 0.5) is 0 Å². The largest absolute Gasteiger partial charge is 0.393 e. The van der Waals surface area contributed by atoms with Crippen LogP contribution in [-0.4, -0.2) is 33.1 Å². The van der Waals surface area contributed by atoms with Crippen LogP contribution in [0.2, 0.25) is 0 Å². The van der Waals surface area contributed by atoms with Crippen LogP contribution in [0.25, 0.3) is 0 Å². The molecule has 0 saturated heterocycles. The lowest BCUT2D eigenvalue weighted by atomic mass is 9.76. The van der Waals surface area contributed by atoms with Gasteiger partial charge in [-0.2, -0.15) is 0 Å². The van der Waals surface area contributed by atoms with Gasteiger partial charge in [-0.3, -0.25) is 9.78 Å². The van der Waals surface area contributed by atoms with Crippen LogP contribution < -0.4 is 5.32 Å². The summed E-state index contributed by atoms with van der Waals surface area (Å²) in [7, 11) is 0. The van der Waals surface area contributed by atoms with Gasteiger partial charge in [0.15, 0.2) is 0 Å². The monoisotopic (exact) mass is 299 g/mol. The number of aromatic nitrogens is 2. The number of rotatable bonds is 5. The zero-order valence-electron chi connectivity index (χ0n) is 12.6. The third-order valence-electron chi connectivity index (χ3n) is 4.39. The highest BCUT2D eigenvalue weighted by atomic mass is 16.3. The van der Waals surface area contributed by atoms with Crippen molar-refractivity contribution in [1.29, 1.82) is 0 Å². The van der Waals surface area contributed by atoms with Crippen molar-refractivity contribution in [1.82, 2.24) is 15.3 Å². The molecule has 0 bridgehead atoms. The smallest absolute Gasteiger partial charge is 0.253 e. The van der Waals surface area contributed by atoms with E-state index in [1.54, 1.807) is 18.5 Å². The molecule has 0 radical (unpaired) electrons. The van der Waals surface area contributed by atoms with Crippen LogP contribution >= 0.6 is 0 Å². The van der Waals surface area contributed by atoms with Gasteiger partial charge in [0.1, 0.15) is 0 Å². The van der Waals surface area contributed by atoms with Gasteiger partial charge in [-0.15, -0.1) is 0 Å². The Morgan fingerprint density at radius 3 is 2.86 bits per heavy atom. The van der Waals surface area contributed by atoms with Crippen molar-refractivity contribution in [2.45, 2.75) is 38.3 Å². The van der Waals surface area contributed by atoms with Crippen molar-refractivity contribution in [2.75, 3.05) is 0 Å². The fraction of sp³-hybridized carbons (Fsp3) is 0.412. The molecule has 1 atom stereocenters. The Labute approximate surface area is 129 Å². The molecule has 5 nitrogen and oxygen atoms in total. The molecule has 1 unspecified atom stereocenters. The van der Waals surface area contributed by atoms with E-state index in [9.17, 15) is 9.90 Å². The molecule has 2 aromatic heterocycles. The van der Waals surface area contributed by atoms with Crippen molar-refractivity contribution >= 4 is 5.91 Å². The van der Waals surface area contributed by atoms with Gasteiger partial charge in [0.25, 0.3) is 5.91 Å². The molecule has 1 amide bonds. The molecule has 3 N–H and O–H groups in total. The molecule has 1 fully saturated rings. The summed E-state index contributed by atoms with van der Waals surface area (Å²) in [6, 6.07) is 7.59. The van der Waals surface area contributed by atoms with E-state index in [4.69, 9.17) is 0 Å². The van der Waals surface area contributed by atoms with Gasteiger partial charge in [-0.1, -0.05) is 6.07 Å². The van der Waals surface area contributed by atoms with Gasteiger partial charge in [0, 0.05) is 36.2 Å². The fourth-order valence-electron chi connectivity index (χ4n) is 2.98. The summed E-state index contributed by atoms with van der Waals surface area (Å²) in [6.07, 6.45) is 5.47. The molecule has 1 aliphatic carbocycles. The Morgan fingerprint density at radius 1 is 1.45 bits per heavy atom. The average molecular weight is 299 g/mol. The van der Waals surface area contributed by atoms with E-state index in [1.807, 2.05) is 25.1 Å². The van der Waals surface area contributed by atoms with Crippen molar-refractivity contribution in [3.63, 3.8) is 0 Å². The molecule has 0 aromatic carbocycles. The van der Waals surface area contributed by atoms with Crippen LogP contribution in [0, 0.1) is 12.8 Å². The first-order valence-electron chi connectivity index (χ1n) is 7.66. The molecule has 22 heavy (non-hydrogen) atoms. The molecule has 2 heterocycles. The number of pyridine rings is 1. The van der Waals surface area contributed by atoms with Crippen molar-refractivity contribution < 1.29 is 9.90 Å². The third kappa shape index (κ3) is 3.20. The topological polar surface area (TPSA) is 78.0 Å². The zero-order valence-corrected chi connectivity index (χ0v) is 12.6. The number of hydrogen-bond acceptors (Lipinski definition) is 3. The van der Waals surface area contributed by atoms with Gasteiger partial charge in [0.2, 0.25) is 0 Å². The van der Waals surface area contributed by atoms with Gasteiger partial charge >= 0.3 is 0 Å². The number of amides is 1. The molecule has 1 saturated carbocycles. The van der Waals surface area contributed by atoms with E-state index >= 15 is 0 Å². The number of carbonyl (C=O) groups excluding carboxylic acids is 1. The molecule has 5 heteroatoms. The second kappa shape index (κ2) is 6.32. The number of aromatic amines is 1. The Bertz CT molecular complexity index is 632. The van der Waals surface area contributed by atoms with E-state index in [0.29, 0.717) is 17.9 Å². The van der Waals surface area contributed by atoms with E-state index in [-0.39, 0.29) is 18.1 Å². The Balaban J connectivity index is 1.71. The summed E-state index contributed by atoms with van der Waals surface area (Å²) < 4.78 is 0. The maximum atomic E-state index is 12.4. The maximum Gasteiger partial charge on any atom is 0.253 e. The number of hydrogen-bond donors (Lipinski definition) is 3. The summed E-state index contributed by atoms with van der Waals surface area (Å²) in [4.78, 5) is 19.8. The van der Waals surface area contributed by atoms with E-state index < -0.39 is 0 Å². The van der Waals surface area contributed by atoms with Crippen LogP contribution in [-0.2, 0) is 6.42 Å². The second-order valence-corrected chi connectivity index (χ2v) is 6.01. The highest BCUT2D eigenvalue weighted by Crippen LogP contribution is 2.31. The van der Waals surface area contributed by atoms with Crippen LogP contribution in [0.15, 0.2) is 36.7 Å². The van der Waals surface area contributed by atoms with Gasteiger partial charge in [0.05, 0.1) is 11.7 Å². The fourth-order valence-corrected chi connectivity index (χ4v) is 2.98. The average Bonchev–Trinajstić information content (AvgIpc) is 2.91. The maximum absolute atomic E-state index is 12.4. The summed E-state index contributed by atoms with van der Waals surface area (Å²) in [5, 5.41) is 12.7. The van der Waals surface area contributed by atoms with Crippen molar-refractivity contribution in [3.8, 4) is 0 Å². The first kappa shape index (κ1) is 14.8. The molecular weight excluding hydrogens is 278 g/mol. The molecule has 0 aliphatic heterocycles. The zero-order chi connectivity index (χ0) is 15.5. The molecule has 0 spiro atoms. The number of nitrogens with zero attached hydrogens (tertiary/aromatic N) is 1. The van der Waals surface area contributed by atoms with E-state index in [2.05, 4.69) is 15.3 Å². The standard InChI is InChI=1S/C17H21N3O2/c1-11-15(5-7-18-11)17(22)20-16(12-8-14(21)9-12)10-13-4-2-3-6-19-13/h2-7,12,14,16,18,21H,8-10H2,1H3,(H,20,22). The summed E-state index contributed by atoms with van der Waals surface area (Å²) in [5.41, 5.74) is 2.49. The number of carbonyl (C=O) groups is 1. The first-order chi connectivity index (χ1) is 10.6.